The molecule has 3 rings (SSSR count). The minimum absolute atomic E-state index is 0.301. The first kappa shape index (κ1) is 14.2. The van der Waals surface area contributed by atoms with E-state index in [4.69, 9.17) is 0 Å². The fourth-order valence-electron chi connectivity index (χ4n) is 2.06. The molecule has 0 aliphatic heterocycles. The van der Waals surface area contributed by atoms with Gasteiger partial charge in [-0.2, -0.15) is 0 Å². The second-order valence-electron chi connectivity index (χ2n) is 4.38. The molecule has 7 heteroatoms. The van der Waals surface area contributed by atoms with Gasteiger partial charge in [0.1, 0.15) is 0 Å². The zero-order valence-corrected chi connectivity index (χ0v) is 13.6. The van der Waals surface area contributed by atoms with Crippen LogP contribution in [0.5, 0.6) is 5.88 Å². The summed E-state index contributed by atoms with van der Waals surface area (Å²) in [6.07, 6.45) is 1.75. The van der Waals surface area contributed by atoms with Crippen molar-refractivity contribution in [1.29, 1.82) is 0 Å². The summed E-state index contributed by atoms with van der Waals surface area (Å²) in [5, 5.41) is 17.9. The van der Waals surface area contributed by atoms with E-state index in [1.807, 2.05) is 25.1 Å². The summed E-state index contributed by atoms with van der Waals surface area (Å²) < 4.78 is 2.45. The lowest BCUT2D eigenvalue weighted by Gasteiger charge is -2.09. The predicted octanol–water partition coefficient (Wildman–Crippen LogP) is 2.19. The number of hydrogen-bond donors (Lipinski definition) is 0. The van der Waals surface area contributed by atoms with E-state index in [9.17, 15) is 5.11 Å². The van der Waals surface area contributed by atoms with E-state index < -0.39 is 0 Å². The van der Waals surface area contributed by atoms with Gasteiger partial charge in [0.15, 0.2) is 11.0 Å². The second kappa shape index (κ2) is 5.57. The number of nitrogens with zero attached hydrogens (tertiary/aromatic N) is 4. The molecular weight excluding hydrogens is 352 g/mol. The fraction of sp³-hybridized carbons (Fsp3) is 0.143. The number of thioether (sulfide) groups is 1. The van der Waals surface area contributed by atoms with Crippen LogP contribution in [0.15, 0.2) is 40.5 Å². The Hall–Kier alpha value is -1.73. The van der Waals surface area contributed by atoms with E-state index in [1.165, 1.54) is 11.8 Å². The minimum atomic E-state index is -0.301. The Morgan fingerprint density at radius 2 is 2.24 bits per heavy atom. The maximum absolute atomic E-state index is 12.4. The van der Waals surface area contributed by atoms with E-state index in [2.05, 4.69) is 37.6 Å². The van der Waals surface area contributed by atoms with Crippen molar-refractivity contribution in [3.05, 3.63) is 41.2 Å². The van der Waals surface area contributed by atoms with Crippen molar-refractivity contribution in [2.75, 3.05) is 5.75 Å². The lowest BCUT2D eigenvalue weighted by Crippen LogP contribution is -2.34. The van der Waals surface area contributed by atoms with Crippen molar-refractivity contribution in [2.45, 2.75) is 12.1 Å². The van der Waals surface area contributed by atoms with Crippen molar-refractivity contribution >= 4 is 44.1 Å². The highest BCUT2D eigenvalue weighted by Crippen LogP contribution is 2.25. The first-order valence-corrected chi connectivity index (χ1v) is 7.98. The molecule has 2 heterocycles. The van der Waals surface area contributed by atoms with Crippen LogP contribution in [0.4, 0.5) is 0 Å². The molecule has 0 N–H and O–H groups in total. The quantitative estimate of drug-likeness (QED) is 0.309. The Morgan fingerprint density at radius 3 is 3.00 bits per heavy atom. The number of aromatic nitrogens is 4. The fourth-order valence-corrected chi connectivity index (χ4v) is 2.98. The molecule has 0 aliphatic rings. The van der Waals surface area contributed by atoms with Crippen LogP contribution >= 0.6 is 27.7 Å². The molecule has 0 saturated heterocycles. The third-order valence-electron chi connectivity index (χ3n) is 2.93. The molecule has 2 aromatic heterocycles. The Morgan fingerprint density at radius 1 is 1.43 bits per heavy atom. The predicted molar refractivity (Wildman–Crippen MR) is 83.3 cm³/mol. The van der Waals surface area contributed by atoms with Crippen LogP contribution < -0.4 is 9.62 Å². The maximum atomic E-state index is 12.4. The second-order valence-corrected chi connectivity index (χ2v) is 6.28. The molecule has 0 spiro atoms. The van der Waals surface area contributed by atoms with Gasteiger partial charge >= 0.3 is 5.82 Å². The average Bonchev–Trinajstić information content (AvgIpc) is 2.46. The van der Waals surface area contributed by atoms with Gasteiger partial charge in [-0.3, -0.25) is 0 Å². The highest BCUT2D eigenvalue weighted by Gasteiger charge is 2.17. The van der Waals surface area contributed by atoms with Crippen molar-refractivity contribution < 1.29 is 9.62 Å². The molecule has 0 atom stereocenters. The van der Waals surface area contributed by atoms with E-state index in [-0.39, 0.29) is 5.88 Å². The average molecular weight is 363 g/mol. The first-order chi connectivity index (χ1) is 10.1. The Balaban J connectivity index is 2.36. The number of hydrogen-bond acceptors (Lipinski definition) is 5. The highest BCUT2D eigenvalue weighted by molar-refractivity contribution is 9.10. The van der Waals surface area contributed by atoms with Crippen LogP contribution in [0.25, 0.3) is 16.4 Å². The largest absolute Gasteiger partial charge is 0.856 e. The zero-order valence-electron chi connectivity index (χ0n) is 11.2. The van der Waals surface area contributed by atoms with Gasteiger partial charge in [0.25, 0.3) is 0 Å². The number of halogens is 1. The van der Waals surface area contributed by atoms with Crippen LogP contribution in [0.3, 0.4) is 0 Å². The summed E-state index contributed by atoms with van der Waals surface area (Å²) in [6, 6.07) is 5.62. The Labute approximate surface area is 133 Å². The SMILES string of the molecule is C=CCSc1nc([O-])c2c3cc(Br)ccc3nc(C)[n+]2n1. The normalized spacial score (nSPS) is 11.1. The lowest BCUT2D eigenvalue weighted by molar-refractivity contribution is -0.598. The van der Waals surface area contributed by atoms with Crippen LogP contribution in [0.1, 0.15) is 5.82 Å². The molecule has 0 aliphatic carbocycles. The third kappa shape index (κ3) is 2.58. The van der Waals surface area contributed by atoms with E-state index in [0.717, 1.165) is 15.4 Å². The van der Waals surface area contributed by atoms with Gasteiger partial charge in [0.05, 0.1) is 5.39 Å². The third-order valence-corrected chi connectivity index (χ3v) is 4.26. The molecular formula is C14H11BrN4OS. The molecule has 0 radical (unpaired) electrons. The summed E-state index contributed by atoms with van der Waals surface area (Å²) in [4.78, 5) is 8.54. The van der Waals surface area contributed by atoms with Gasteiger partial charge in [-0.1, -0.05) is 43.4 Å². The Bertz CT molecular complexity index is 869. The van der Waals surface area contributed by atoms with Crippen LogP contribution in [0, 0.1) is 6.92 Å². The highest BCUT2D eigenvalue weighted by atomic mass is 79.9. The maximum Gasteiger partial charge on any atom is 0.321 e. The van der Waals surface area contributed by atoms with E-state index in [1.54, 1.807) is 10.6 Å². The monoisotopic (exact) mass is 362 g/mol. The van der Waals surface area contributed by atoms with Crippen LogP contribution in [-0.4, -0.2) is 20.8 Å². The number of aryl methyl sites for hydroxylation is 1. The van der Waals surface area contributed by atoms with Crippen molar-refractivity contribution in [3.8, 4) is 5.88 Å². The first-order valence-electron chi connectivity index (χ1n) is 6.21. The summed E-state index contributed by atoms with van der Waals surface area (Å²) >= 11 is 4.78. The molecule has 0 amide bonds. The number of benzene rings is 1. The molecule has 21 heavy (non-hydrogen) atoms. The zero-order chi connectivity index (χ0) is 15.0. The minimum Gasteiger partial charge on any atom is -0.856 e. The summed E-state index contributed by atoms with van der Waals surface area (Å²) in [5.74, 6) is 1.00. The number of rotatable bonds is 3. The Kier molecular flexibility index (Phi) is 3.77. The molecule has 0 bridgehead atoms. The molecule has 1 aromatic carbocycles. The van der Waals surface area contributed by atoms with Gasteiger partial charge in [0.2, 0.25) is 5.16 Å². The summed E-state index contributed by atoms with van der Waals surface area (Å²) in [6.45, 7) is 5.47. The standard InChI is InChI=1S/C14H11BrN4OS/c1-3-6-21-14-17-13(20)12-10-7-9(15)4-5-11(10)16-8(2)19(12)18-14/h3-5,7H,1,6H2,2H3. The molecule has 106 valence electrons. The van der Waals surface area contributed by atoms with Gasteiger partial charge < -0.3 is 5.11 Å². The van der Waals surface area contributed by atoms with Gasteiger partial charge in [-0.15, -0.1) is 6.58 Å². The topological polar surface area (TPSA) is 65.8 Å². The molecule has 0 saturated carbocycles. The van der Waals surface area contributed by atoms with Crippen LogP contribution in [-0.2, 0) is 0 Å². The van der Waals surface area contributed by atoms with Gasteiger partial charge in [-0.25, -0.2) is 4.98 Å². The van der Waals surface area contributed by atoms with Crippen molar-refractivity contribution in [2.24, 2.45) is 0 Å². The van der Waals surface area contributed by atoms with E-state index >= 15 is 0 Å². The van der Waals surface area contributed by atoms with Gasteiger partial charge in [-0.05, 0) is 23.2 Å². The van der Waals surface area contributed by atoms with Crippen molar-refractivity contribution in [1.82, 2.24) is 15.1 Å². The lowest BCUT2D eigenvalue weighted by atomic mass is 10.2. The molecule has 5 nitrogen and oxygen atoms in total. The summed E-state index contributed by atoms with van der Waals surface area (Å²) in [7, 11) is 0. The molecule has 0 unspecified atom stereocenters. The number of fused-ring (bicyclic) bond motifs is 3. The van der Waals surface area contributed by atoms with Crippen LogP contribution in [0.2, 0.25) is 0 Å². The van der Waals surface area contributed by atoms with E-state index in [0.29, 0.717) is 22.3 Å². The smallest absolute Gasteiger partial charge is 0.321 e. The van der Waals surface area contributed by atoms with Gasteiger partial charge in [0, 0.05) is 23.0 Å². The summed E-state index contributed by atoms with van der Waals surface area (Å²) in [5.41, 5.74) is 1.20. The van der Waals surface area contributed by atoms with Crippen molar-refractivity contribution in [3.63, 3.8) is 0 Å². The molecule has 0 fully saturated rings. The molecule has 3 aromatic rings.